The molecule has 0 fully saturated rings. The average molecular weight is 294 g/mol. The summed E-state index contributed by atoms with van der Waals surface area (Å²) in [6, 6.07) is 3.99. The highest BCUT2D eigenvalue weighted by Gasteiger charge is 2.18. The first-order valence-electron chi connectivity index (χ1n) is 5.36. The predicted octanol–water partition coefficient (Wildman–Crippen LogP) is 5.08. The molecule has 0 aliphatic rings. The summed E-state index contributed by atoms with van der Waals surface area (Å²) in [6.07, 6.45) is 1.69. The lowest BCUT2D eigenvalue weighted by atomic mass is 9.84. The normalized spacial score (nSPS) is 10.8. The van der Waals surface area contributed by atoms with Gasteiger partial charge >= 0.3 is 0 Å². The molecule has 0 aliphatic heterocycles. The van der Waals surface area contributed by atoms with E-state index in [-0.39, 0.29) is 5.41 Å². The molecule has 90 valence electrons. The lowest BCUT2D eigenvalue weighted by Crippen LogP contribution is -2.11. The molecule has 0 amide bonds. The molecule has 0 spiro atoms. The summed E-state index contributed by atoms with van der Waals surface area (Å²) >= 11 is 3.39. The molecule has 0 unspecified atom stereocenters. The molecule has 0 atom stereocenters. The lowest BCUT2D eigenvalue weighted by Gasteiger charge is -2.21. The van der Waals surface area contributed by atoms with Crippen molar-refractivity contribution in [2.75, 3.05) is 0 Å². The standard InChI is InChI=1S/C14H16BrNO/c1-5-6-10-7-12(14(2,3)4)8-11(9-15)13(10)16-17/h6-8H,1,9H2,2-4H3. The van der Waals surface area contributed by atoms with Crippen LogP contribution in [0.15, 0.2) is 29.6 Å². The van der Waals surface area contributed by atoms with Gasteiger partial charge in [0, 0.05) is 10.9 Å². The number of nitroso groups, excluding NO2 is 1. The van der Waals surface area contributed by atoms with Crippen molar-refractivity contribution >= 4 is 27.7 Å². The minimum absolute atomic E-state index is 0.0299. The van der Waals surface area contributed by atoms with Crippen molar-refractivity contribution < 1.29 is 0 Å². The van der Waals surface area contributed by atoms with Crippen LogP contribution in [0.2, 0.25) is 0 Å². The number of rotatable bonds is 3. The van der Waals surface area contributed by atoms with Gasteiger partial charge in [-0.2, -0.15) is 0 Å². The molecule has 1 rings (SSSR count). The Morgan fingerprint density at radius 3 is 2.53 bits per heavy atom. The topological polar surface area (TPSA) is 29.4 Å². The molecule has 2 nitrogen and oxygen atoms in total. The molecule has 0 radical (unpaired) electrons. The van der Waals surface area contributed by atoms with Crippen LogP contribution >= 0.6 is 15.9 Å². The van der Waals surface area contributed by atoms with Gasteiger partial charge in [-0.3, -0.25) is 0 Å². The van der Waals surface area contributed by atoms with E-state index in [9.17, 15) is 4.91 Å². The Hall–Kier alpha value is -1.18. The van der Waals surface area contributed by atoms with Crippen molar-refractivity contribution in [3.8, 4) is 0 Å². The van der Waals surface area contributed by atoms with Gasteiger partial charge in [0.25, 0.3) is 0 Å². The predicted molar refractivity (Wildman–Crippen MR) is 76.8 cm³/mol. The molecule has 0 heterocycles. The highest BCUT2D eigenvalue weighted by atomic mass is 79.9. The van der Waals surface area contributed by atoms with Gasteiger partial charge in [0.2, 0.25) is 0 Å². The molecule has 0 saturated heterocycles. The highest BCUT2D eigenvalue weighted by Crippen LogP contribution is 2.33. The molecule has 17 heavy (non-hydrogen) atoms. The summed E-state index contributed by atoms with van der Waals surface area (Å²) in [7, 11) is 0. The highest BCUT2D eigenvalue weighted by molar-refractivity contribution is 9.08. The van der Waals surface area contributed by atoms with E-state index in [2.05, 4.69) is 54.2 Å². The van der Waals surface area contributed by atoms with E-state index >= 15 is 0 Å². The first-order chi connectivity index (χ1) is 7.93. The Labute approximate surface area is 111 Å². The van der Waals surface area contributed by atoms with E-state index in [0.29, 0.717) is 11.0 Å². The number of alkyl halides is 1. The summed E-state index contributed by atoms with van der Waals surface area (Å²) in [5, 5.41) is 3.71. The fraction of sp³-hybridized carbons (Fsp3) is 0.357. The molecule has 0 bridgehead atoms. The molecular weight excluding hydrogens is 278 g/mol. The third-order valence-electron chi connectivity index (χ3n) is 2.58. The van der Waals surface area contributed by atoms with Gasteiger partial charge in [-0.15, -0.1) is 10.6 Å². The van der Waals surface area contributed by atoms with Gasteiger partial charge in [-0.05, 0) is 33.9 Å². The van der Waals surface area contributed by atoms with Gasteiger partial charge < -0.3 is 0 Å². The molecule has 0 N–H and O–H groups in total. The summed E-state index contributed by atoms with van der Waals surface area (Å²) in [5.41, 5.74) is 6.03. The Balaban J connectivity index is 3.56. The fourth-order valence-corrected chi connectivity index (χ4v) is 2.01. The maximum atomic E-state index is 10.9. The summed E-state index contributed by atoms with van der Waals surface area (Å²) < 4.78 is 0. The Morgan fingerprint density at radius 1 is 1.47 bits per heavy atom. The number of halogens is 1. The number of benzene rings is 1. The number of hydrogen-bond acceptors (Lipinski definition) is 2. The van der Waals surface area contributed by atoms with Crippen LogP contribution in [-0.4, -0.2) is 0 Å². The third kappa shape index (κ3) is 3.15. The zero-order chi connectivity index (χ0) is 13.1. The molecule has 1 aromatic carbocycles. The van der Waals surface area contributed by atoms with Gasteiger partial charge in [0.1, 0.15) is 5.69 Å². The SMILES string of the molecule is C=C=Cc1cc(C(C)(C)C)cc(CBr)c1N=O. The first kappa shape index (κ1) is 13.9. The summed E-state index contributed by atoms with van der Waals surface area (Å²) in [4.78, 5) is 10.9. The zero-order valence-corrected chi connectivity index (χ0v) is 12.0. The molecular formula is C14H16BrNO. The van der Waals surface area contributed by atoms with E-state index in [0.717, 1.165) is 11.1 Å². The second-order valence-corrected chi connectivity index (χ2v) is 5.46. The second kappa shape index (κ2) is 5.44. The third-order valence-corrected chi connectivity index (χ3v) is 3.18. The van der Waals surface area contributed by atoms with Gasteiger partial charge in [-0.1, -0.05) is 49.3 Å². The molecule has 3 heteroatoms. The fourth-order valence-electron chi connectivity index (χ4n) is 1.59. The first-order valence-corrected chi connectivity index (χ1v) is 6.48. The minimum Gasteiger partial charge on any atom is -0.145 e. The number of hydrogen-bond donors (Lipinski definition) is 0. The van der Waals surface area contributed by atoms with Gasteiger partial charge in [0.05, 0.1) is 0 Å². The van der Waals surface area contributed by atoms with E-state index in [1.165, 1.54) is 5.56 Å². The molecule has 0 aromatic heterocycles. The smallest absolute Gasteiger partial charge is 0.119 e. The average Bonchev–Trinajstić information content (AvgIpc) is 2.27. The van der Waals surface area contributed by atoms with Crippen LogP contribution in [0.5, 0.6) is 0 Å². The lowest BCUT2D eigenvalue weighted by molar-refractivity contribution is 0.589. The van der Waals surface area contributed by atoms with Crippen molar-refractivity contribution in [2.45, 2.75) is 31.5 Å². The van der Waals surface area contributed by atoms with Crippen molar-refractivity contribution in [2.24, 2.45) is 5.18 Å². The van der Waals surface area contributed by atoms with E-state index in [4.69, 9.17) is 0 Å². The van der Waals surface area contributed by atoms with Crippen molar-refractivity contribution in [1.82, 2.24) is 0 Å². The van der Waals surface area contributed by atoms with Crippen LogP contribution in [-0.2, 0) is 10.7 Å². The molecule has 0 aliphatic carbocycles. The Morgan fingerprint density at radius 2 is 2.12 bits per heavy atom. The molecule has 0 saturated carbocycles. The zero-order valence-electron chi connectivity index (χ0n) is 10.4. The minimum atomic E-state index is 0.0299. The van der Waals surface area contributed by atoms with E-state index in [1.807, 2.05) is 12.1 Å². The maximum Gasteiger partial charge on any atom is 0.119 e. The second-order valence-electron chi connectivity index (χ2n) is 4.90. The van der Waals surface area contributed by atoms with Crippen LogP contribution in [0, 0.1) is 4.91 Å². The van der Waals surface area contributed by atoms with Crippen LogP contribution < -0.4 is 0 Å². The van der Waals surface area contributed by atoms with Crippen LogP contribution in [0.4, 0.5) is 5.69 Å². The van der Waals surface area contributed by atoms with E-state index < -0.39 is 0 Å². The van der Waals surface area contributed by atoms with Crippen LogP contribution in [0.1, 0.15) is 37.5 Å². The number of nitrogens with zero attached hydrogens (tertiary/aromatic N) is 1. The van der Waals surface area contributed by atoms with Crippen molar-refractivity contribution in [3.63, 3.8) is 0 Å². The monoisotopic (exact) mass is 293 g/mol. The quantitative estimate of drug-likeness (QED) is 0.434. The van der Waals surface area contributed by atoms with Crippen molar-refractivity contribution in [3.05, 3.63) is 46.0 Å². The molecule has 1 aromatic rings. The Kier molecular flexibility index (Phi) is 4.44. The van der Waals surface area contributed by atoms with E-state index in [1.54, 1.807) is 6.08 Å². The summed E-state index contributed by atoms with van der Waals surface area (Å²) in [6.45, 7) is 9.95. The van der Waals surface area contributed by atoms with Crippen molar-refractivity contribution in [1.29, 1.82) is 0 Å². The summed E-state index contributed by atoms with van der Waals surface area (Å²) in [5.74, 6) is 0. The maximum absolute atomic E-state index is 10.9. The Bertz CT molecular complexity index is 480. The van der Waals surface area contributed by atoms with Crippen LogP contribution in [0.3, 0.4) is 0 Å². The van der Waals surface area contributed by atoms with Gasteiger partial charge in [-0.25, -0.2) is 0 Å². The van der Waals surface area contributed by atoms with Gasteiger partial charge in [0.15, 0.2) is 0 Å². The van der Waals surface area contributed by atoms with Crippen LogP contribution in [0.25, 0.3) is 6.08 Å². The largest absolute Gasteiger partial charge is 0.145 e.